The van der Waals surface area contributed by atoms with Gasteiger partial charge < -0.3 is 0 Å². The van der Waals surface area contributed by atoms with Crippen LogP contribution in [0, 0.1) is 29.1 Å². The average Bonchev–Trinajstić information content (AvgIpc) is 2.67. The Bertz CT molecular complexity index is 621. The molecule has 0 aliphatic heterocycles. The number of allylic oxidation sites excluding steroid dienone is 4. The molecular weight excluding hydrogens is 290 g/mol. The molecule has 1 unspecified atom stereocenters. The van der Waals surface area contributed by atoms with Crippen LogP contribution in [0.3, 0.4) is 0 Å². The second-order valence-corrected chi connectivity index (χ2v) is 7.53. The summed E-state index contributed by atoms with van der Waals surface area (Å²) in [5, 5.41) is 8.91. The summed E-state index contributed by atoms with van der Waals surface area (Å²) in [5.74, 6) is 2.62. The van der Waals surface area contributed by atoms with Gasteiger partial charge in [-0.05, 0) is 60.3 Å². The van der Waals surface area contributed by atoms with Crippen molar-refractivity contribution in [3.8, 4) is 6.07 Å². The molecule has 1 saturated carbocycles. The van der Waals surface area contributed by atoms with Crippen LogP contribution < -0.4 is 0 Å². The molecule has 0 saturated heterocycles. The monoisotopic (exact) mass is 319 g/mol. The van der Waals surface area contributed by atoms with Gasteiger partial charge in [-0.3, -0.25) is 0 Å². The van der Waals surface area contributed by atoms with Gasteiger partial charge in [0.1, 0.15) is 0 Å². The molecule has 1 aromatic carbocycles. The molecule has 0 bridgehead atoms. The number of hydrogen-bond acceptors (Lipinski definition) is 1. The van der Waals surface area contributed by atoms with Crippen molar-refractivity contribution in [1.29, 1.82) is 5.26 Å². The number of rotatable bonds is 5. The van der Waals surface area contributed by atoms with Crippen molar-refractivity contribution in [2.75, 3.05) is 0 Å². The van der Waals surface area contributed by atoms with E-state index in [4.69, 9.17) is 5.26 Å². The number of nitriles is 1. The van der Waals surface area contributed by atoms with E-state index in [1.165, 1.54) is 62.5 Å². The van der Waals surface area contributed by atoms with Gasteiger partial charge in [0.2, 0.25) is 0 Å². The number of hydrogen-bond donors (Lipinski definition) is 0. The Morgan fingerprint density at radius 2 is 1.83 bits per heavy atom. The highest BCUT2D eigenvalue weighted by molar-refractivity contribution is 5.75. The topological polar surface area (TPSA) is 23.8 Å². The lowest BCUT2D eigenvalue weighted by Crippen LogP contribution is -2.21. The van der Waals surface area contributed by atoms with Crippen molar-refractivity contribution >= 4 is 5.57 Å². The minimum atomic E-state index is 0.733. The Hall–Kier alpha value is -1.81. The predicted molar refractivity (Wildman–Crippen MR) is 101 cm³/mol. The van der Waals surface area contributed by atoms with E-state index in [0.717, 1.165) is 23.3 Å². The second-order valence-electron chi connectivity index (χ2n) is 7.53. The Morgan fingerprint density at radius 1 is 1.08 bits per heavy atom. The third-order valence-corrected chi connectivity index (χ3v) is 5.94. The van der Waals surface area contributed by atoms with Gasteiger partial charge in [-0.2, -0.15) is 5.26 Å². The van der Waals surface area contributed by atoms with Gasteiger partial charge in [-0.1, -0.05) is 69.4 Å². The lowest BCUT2D eigenvalue weighted by atomic mass is 9.72. The van der Waals surface area contributed by atoms with Crippen molar-refractivity contribution in [3.63, 3.8) is 0 Å². The molecule has 2 aliphatic carbocycles. The van der Waals surface area contributed by atoms with Gasteiger partial charge in [0.15, 0.2) is 0 Å². The predicted octanol–water partition coefficient (Wildman–Crippen LogP) is 6.51. The van der Waals surface area contributed by atoms with E-state index < -0.39 is 0 Å². The Balaban J connectivity index is 1.52. The molecule has 0 spiro atoms. The van der Waals surface area contributed by atoms with Crippen LogP contribution in [0.2, 0.25) is 0 Å². The first-order valence-electron chi connectivity index (χ1n) is 9.69. The fourth-order valence-electron chi connectivity index (χ4n) is 4.34. The summed E-state index contributed by atoms with van der Waals surface area (Å²) >= 11 is 0. The summed E-state index contributed by atoms with van der Waals surface area (Å²) in [6.07, 6.45) is 18.3. The van der Waals surface area contributed by atoms with Crippen LogP contribution in [-0.4, -0.2) is 0 Å². The third-order valence-electron chi connectivity index (χ3n) is 5.94. The van der Waals surface area contributed by atoms with Gasteiger partial charge >= 0.3 is 0 Å². The number of benzene rings is 1. The van der Waals surface area contributed by atoms with Crippen molar-refractivity contribution in [2.24, 2.45) is 17.8 Å². The number of nitrogens with zero attached hydrogens (tertiary/aromatic N) is 1. The van der Waals surface area contributed by atoms with E-state index in [9.17, 15) is 0 Å². The largest absolute Gasteiger partial charge is 0.192 e. The summed E-state index contributed by atoms with van der Waals surface area (Å²) in [6.45, 7) is 2.30. The van der Waals surface area contributed by atoms with E-state index in [1.54, 1.807) is 0 Å². The van der Waals surface area contributed by atoms with Crippen LogP contribution in [0.5, 0.6) is 0 Å². The molecule has 24 heavy (non-hydrogen) atoms. The highest BCUT2D eigenvalue weighted by atomic mass is 14.3. The first kappa shape index (κ1) is 17.0. The molecule has 2 aliphatic rings. The maximum atomic E-state index is 8.91. The SMILES string of the molecule is CCCCC1CCC(C2C=CC(c3ccc(C#N)cc3)=CC2)CC1. The van der Waals surface area contributed by atoms with Crippen molar-refractivity contribution in [3.05, 3.63) is 53.6 Å². The average molecular weight is 319 g/mol. The van der Waals surface area contributed by atoms with Gasteiger partial charge in [-0.25, -0.2) is 0 Å². The molecule has 1 fully saturated rings. The molecule has 1 heteroatoms. The number of unbranched alkanes of at least 4 members (excludes halogenated alkanes) is 1. The first-order valence-corrected chi connectivity index (χ1v) is 9.69. The zero-order chi connectivity index (χ0) is 16.8. The summed E-state index contributed by atoms with van der Waals surface area (Å²) in [7, 11) is 0. The standard InChI is InChI=1S/C23H29N/c1-2-3-4-18-5-9-20(10-6-18)22-13-15-23(16-14-22)21-11-7-19(17-24)8-12-21/h7-8,11-13,15-16,18,20,22H,2-6,9-10,14H2,1H3. The molecule has 0 amide bonds. The molecule has 1 aromatic rings. The normalized spacial score (nSPS) is 26.7. The molecule has 1 nitrogen and oxygen atoms in total. The molecule has 1 atom stereocenters. The minimum absolute atomic E-state index is 0.733. The van der Waals surface area contributed by atoms with E-state index in [2.05, 4.69) is 43.4 Å². The maximum absolute atomic E-state index is 8.91. The highest BCUT2D eigenvalue weighted by Crippen LogP contribution is 2.39. The van der Waals surface area contributed by atoms with Crippen LogP contribution in [-0.2, 0) is 0 Å². The lowest BCUT2D eigenvalue weighted by Gasteiger charge is -2.33. The summed E-state index contributed by atoms with van der Waals surface area (Å²) in [6, 6.07) is 10.1. The summed E-state index contributed by atoms with van der Waals surface area (Å²) in [5.41, 5.74) is 3.27. The lowest BCUT2D eigenvalue weighted by molar-refractivity contribution is 0.219. The molecule has 126 valence electrons. The van der Waals surface area contributed by atoms with Crippen LogP contribution in [0.15, 0.2) is 42.5 Å². The van der Waals surface area contributed by atoms with Gasteiger partial charge in [-0.15, -0.1) is 0 Å². The second kappa shape index (κ2) is 8.34. The first-order chi connectivity index (χ1) is 11.8. The van der Waals surface area contributed by atoms with Gasteiger partial charge in [0.25, 0.3) is 0 Å². The quantitative estimate of drug-likeness (QED) is 0.606. The molecule has 0 heterocycles. The Labute approximate surface area is 147 Å². The fraction of sp³-hybridized carbons (Fsp3) is 0.522. The molecule has 3 rings (SSSR count). The smallest absolute Gasteiger partial charge is 0.0991 e. The summed E-state index contributed by atoms with van der Waals surface area (Å²) < 4.78 is 0. The van der Waals surface area contributed by atoms with Crippen molar-refractivity contribution in [2.45, 2.75) is 58.3 Å². The highest BCUT2D eigenvalue weighted by Gasteiger charge is 2.26. The minimum Gasteiger partial charge on any atom is -0.192 e. The molecule has 0 N–H and O–H groups in total. The van der Waals surface area contributed by atoms with E-state index in [-0.39, 0.29) is 0 Å². The van der Waals surface area contributed by atoms with E-state index in [0.29, 0.717) is 0 Å². The van der Waals surface area contributed by atoms with Crippen molar-refractivity contribution < 1.29 is 0 Å². The molecule has 0 aromatic heterocycles. The Kier molecular flexibility index (Phi) is 5.91. The molecular formula is C23H29N. The Morgan fingerprint density at radius 3 is 2.42 bits per heavy atom. The van der Waals surface area contributed by atoms with Crippen LogP contribution >= 0.6 is 0 Å². The van der Waals surface area contributed by atoms with Gasteiger partial charge in [0.05, 0.1) is 11.6 Å². The van der Waals surface area contributed by atoms with Crippen molar-refractivity contribution in [1.82, 2.24) is 0 Å². The fourth-order valence-corrected chi connectivity index (χ4v) is 4.34. The molecule has 0 radical (unpaired) electrons. The zero-order valence-corrected chi connectivity index (χ0v) is 14.9. The van der Waals surface area contributed by atoms with Gasteiger partial charge in [0, 0.05) is 0 Å². The van der Waals surface area contributed by atoms with Crippen LogP contribution in [0.4, 0.5) is 0 Å². The van der Waals surface area contributed by atoms with Crippen LogP contribution in [0.1, 0.15) is 69.4 Å². The van der Waals surface area contributed by atoms with E-state index in [1.807, 2.05) is 12.1 Å². The maximum Gasteiger partial charge on any atom is 0.0991 e. The van der Waals surface area contributed by atoms with E-state index >= 15 is 0 Å². The zero-order valence-electron chi connectivity index (χ0n) is 14.9. The summed E-state index contributed by atoms with van der Waals surface area (Å²) in [4.78, 5) is 0. The van der Waals surface area contributed by atoms with Crippen LogP contribution in [0.25, 0.3) is 5.57 Å². The third kappa shape index (κ3) is 4.18.